The SMILES string of the molecule is Cc1cc(-n2c(C)cc(C(=O)COC(=O)[C@H](C)NC(=O)c3ccco3)c2C)no1. The summed E-state index contributed by atoms with van der Waals surface area (Å²) in [5.41, 5.74) is 1.88. The van der Waals surface area contributed by atoms with Crippen molar-refractivity contribution >= 4 is 17.7 Å². The molecule has 3 aromatic rings. The molecule has 0 saturated heterocycles. The van der Waals surface area contributed by atoms with Gasteiger partial charge in [0.05, 0.1) is 6.26 Å². The fraction of sp³-hybridized carbons (Fsp3) is 0.300. The van der Waals surface area contributed by atoms with E-state index in [9.17, 15) is 14.4 Å². The number of amides is 1. The van der Waals surface area contributed by atoms with Gasteiger partial charge in [-0.25, -0.2) is 4.79 Å². The number of carbonyl (C=O) groups is 3. The minimum atomic E-state index is -0.939. The normalized spacial score (nSPS) is 11.9. The van der Waals surface area contributed by atoms with Gasteiger partial charge in [0.25, 0.3) is 5.91 Å². The van der Waals surface area contributed by atoms with E-state index in [1.807, 2.05) is 6.92 Å². The molecular weight excluding hydrogens is 378 g/mol. The van der Waals surface area contributed by atoms with Crippen LogP contribution in [-0.4, -0.2) is 40.0 Å². The summed E-state index contributed by atoms with van der Waals surface area (Å²) in [6, 6.07) is 5.57. The van der Waals surface area contributed by atoms with Crippen LogP contribution in [0.3, 0.4) is 0 Å². The Balaban J connectivity index is 1.62. The number of rotatable bonds is 7. The fourth-order valence-corrected chi connectivity index (χ4v) is 2.93. The van der Waals surface area contributed by atoms with Gasteiger partial charge in [0, 0.05) is 23.0 Å². The number of ether oxygens (including phenoxy) is 1. The van der Waals surface area contributed by atoms with Crippen LogP contribution in [0.5, 0.6) is 0 Å². The smallest absolute Gasteiger partial charge is 0.328 e. The van der Waals surface area contributed by atoms with E-state index in [0.717, 1.165) is 5.69 Å². The largest absolute Gasteiger partial charge is 0.459 e. The van der Waals surface area contributed by atoms with Crippen LogP contribution in [0, 0.1) is 20.8 Å². The van der Waals surface area contributed by atoms with Crippen molar-refractivity contribution in [3.05, 3.63) is 59.0 Å². The number of furan rings is 1. The average Bonchev–Trinajstić information content (AvgIpc) is 3.40. The fourth-order valence-electron chi connectivity index (χ4n) is 2.93. The van der Waals surface area contributed by atoms with Crippen molar-refractivity contribution in [1.29, 1.82) is 0 Å². The minimum Gasteiger partial charge on any atom is -0.459 e. The molecule has 1 atom stereocenters. The van der Waals surface area contributed by atoms with Crippen molar-refractivity contribution in [2.75, 3.05) is 6.61 Å². The van der Waals surface area contributed by atoms with E-state index in [0.29, 0.717) is 22.8 Å². The number of aryl methyl sites for hydroxylation is 2. The van der Waals surface area contributed by atoms with Gasteiger partial charge in [0.1, 0.15) is 11.8 Å². The predicted octanol–water partition coefficient (Wildman–Crippen LogP) is 2.53. The summed E-state index contributed by atoms with van der Waals surface area (Å²) in [6.07, 6.45) is 1.35. The second-order valence-electron chi connectivity index (χ2n) is 6.62. The van der Waals surface area contributed by atoms with Gasteiger partial charge in [-0.05, 0) is 45.9 Å². The Morgan fingerprint density at radius 3 is 2.62 bits per heavy atom. The first-order chi connectivity index (χ1) is 13.8. The summed E-state index contributed by atoms with van der Waals surface area (Å²) >= 11 is 0. The van der Waals surface area contributed by atoms with Gasteiger partial charge in [-0.2, -0.15) is 0 Å². The van der Waals surface area contributed by atoms with Crippen molar-refractivity contribution in [3.63, 3.8) is 0 Å². The average molecular weight is 399 g/mol. The molecule has 1 amide bonds. The molecule has 3 rings (SSSR count). The molecule has 0 fully saturated rings. The number of nitrogens with zero attached hydrogens (tertiary/aromatic N) is 2. The molecule has 0 aliphatic heterocycles. The first-order valence-corrected chi connectivity index (χ1v) is 8.94. The van der Waals surface area contributed by atoms with E-state index in [1.165, 1.54) is 19.3 Å². The molecule has 3 heterocycles. The zero-order valence-electron chi connectivity index (χ0n) is 16.5. The molecule has 0 aliphatic carbocycles. The van der Waals surface area contributed by atoms with Crippen molar-refractivity contribution < 1.29 is 28.1 Å². The van der Waals surface area contributed by atoms with Gasteiger partial charge in [-0.1, -0.05) is 5.16 Å². The van der Waals surface area contributed by atoms with Crippen LogP contribution in [0.25, 0.3) is 5.82 Å². The van der Waals surface area contributed by atoms with Crippen LogP contribution in [0.1, 0.15) is 45.0 Å². The molecule has 0 aromatic carbocycles. The second kappa shape index (κ2) is 8.17. The number of nitrogens with one attached hydrogen (secondary N) is 1. The third-order valence-corrected chi connectivity index (χ3v) is 4.37. The quantitative estimate of drug-likeness (QED) is 0.479. The zero-order chi connectivity index (χ0) is 21.1. The number of hydrogen-bond acceptors (Lipinski definition) is 7. The summed E-state index contributed by atoms with van der Waals surface area (Å²) < 4.78 is 16.9. The molecule has 9 heteroatoms. The monoisotopic (exact) mass is 399 g/mol. The van der Waals surface area contributed by atoms with Gasteiger partial charge in [-0.15, -0.1) is 0 Å². The van der Waals surface area contributed by atoms with E-state index in [2.05, 4.69) is 10.5 Å². The van der Waals surface area contributed by atoms with Gasteiger partial charge in [-0.3, -0.25) is 14.2 Å². The van der Waals surface area contributed by atoms with Gasteiger partial charge in [0.2, 0.25) is 5.78 Å². The number of carbonyl (C=O) groups excluding carboxylic acids is 3. The molecule has 29 heavy (non-hydrogen) atoms. The number of Topliss-reactive ketones (excluding diaryl/α,β-unsaturated/α-hetero) is 1. The Morgan fingerprint density at radius 2 is 2.00 bits per heavy atom. The van der Waals surface area contributed by atoms with Crippen molar-refractivity contribution in [1.82, 2.24) is 15.0 Å². The molecule has 0 aliphatic rings. The highest BCUT2D eigenvalue weighted by molar-refractivity contribution is 6.00. The molecular formula is C20H21N3O6. The van der Waals surface area contributed by atoms with E-state index in [1.54, 1.807) is 36.6 Å². The Kier molecular flexibility index (Phi) is 5.67. The van der Waals surface area contributed by atoms with Crippen molar-refractivity contribution in [2.45, 2.75) is 33.7 Å². The molecule has 9 nitrogen and oxygen atoms in total. The second-order valence-corrected chi connectivity index (χ2v) is 6.62. The van der Waals surface area contributed by atoms with Crippen LogP contribution >= 0.6 is 0 Å². The van der Waals surface area contributed by atoms with Crippen LogP contribution in [-0.2, 0) is 9.53 Å². The van der Waals surface area contributed by atoms with Crippen LogP contribution in [0.4, 0.5) is 0 Å². The topological polar surface area (TPSA) is 117 Å². The molecule has 0 unspecified atom stereocenters. The van der Waals surface area contributed by atoms with Crippen molar-refractivity contribution in [2.24, 2.45) is 0 Å². The zero-order valence-corrected chi connectivity index (χ0v) is 16.5. The first kappa shape index (κ1) is 20.1. The van der Waals surface area contributed by atoms with E-state index in [-0.39, 0.29) is 11.5 Å². The molecule has 0 saturated carbocycles. The molecule has 3 aromatic heterocycles. The van der Waals surface area contributed by atoms with Crippen LogP contribution in [0.15, 0.2) is 39.5 Å². The van der Waals surface area contributed by atoms with Gasteiger partial charge < -0.3 is 19.0 Å². The predicted molar refractivity (Wildman–Crippen MR) is 101 cm³/mol. The summed E-state index contributed by atoms with van der Waals surface area (Å²) in [7, 11) is 0. The van der Waals surface area contributed by atoms with Crippen LogP contribution < -0.4 is 5.32 Å². The lowest BCUT2D eigenvalue weighted by molar-refractivity contribution is -0.144. The summed E-state index contributed by atoms with van der Waals surface area (Å²) in [5, 5.41) is 6.42. The molecule has 1 N–H and O–H groups in total. The van der Waals surface area contributed by atoms with Crippen LogP contribution in [0.2, 0.25) is 0 Å². The van der Waals surface area contributed by atoms with Gasteiger partial charge in [0.15, 0.2) is 18.2 Å². The Hall–Kier alpha value is -3.62. The highest BCUT2D eigenvalue weighted by atomic mass is 16.5. The Morgan fingerprint density at radius 1 is 1.24 bits per heavy atom. The lowest BCUT2D eigenvalue weighted by atomic mass is 10.1. The lowest BCUT2D eigenvalue weighted by Crippen LogP contribution is -2.40. The Labute approximate surface area is 166 Å². The number of esters is 1. The Bertz CT molecular complexity index is 1040. The lowest BCUT2D eigenvalue weighted by Gasteiger charge is -2.12. The van der Waals surface area contributed by atoms with E-state index < -0.39 is 24.5 Å². The first-order valence-electron chi connectivity index (χ1n) is 8.94. The third kappa shape index (κ3) is 4.29. The molecule has 0 radical (unpaired) electrons. The molecule has 0 spiro atoms. The van der Waals surface area contributed by atoms with E-state index >= 15 is 0 Å². The maximum atomic E-state index is 12.6. The summed E-state index contributed by atoms with van der Waals surface area (Å²) in [5.74, 6) is -0.321. The third-order valence-electron chi connectivity index (χ3n) is 4.37. The standard InChI is InChI=1S/C20H21N3O6/c1-11-8-15(14(4)23(11)18-9-12(2)29-22-18)16(24)10-28-20(26)13(3)21-19(25)17-6-5-7-27-17/h5-9,13H,10H2,1-4H3,(H,21,25)/t13-/m0/s1. The highest BCUT2D eigenvalue weighted by Crippen LogP contribution is 2.21. The molecule has 152 valence electrons. The minimum absolute atomic E-state index is 0.0799. The number of hydrogen-bond donors (Lipinski definition) is 1. The number of aromatic nitrogens is 2. The highest BCUT2D eigenvalue weighted by Gasteiger charge is 2.23. The summed E-state index contributed by atoms with van der Waals surface area (Å²) in [6.45, 7) is 6.42. The summed E-state index contributed by atoms with van der Waals surface area (Å²) in [4.78, 5) is 36.6. The maximum Gasteiger partial charge on any atom is 0.328 e. The molecule has 0 bridgehead atoms. The van der Waals surface area contributed by atoms with Gasteiger partial charge >= 0.3 is 5.97 Å². The van der Waals surface area contributed by atoms with Crippen molar-refractivity contribution in [3.8, 4) is 5.82 Å². The number of ketones is 1. The van der Waals surface area contributed by atoms with E-state index in [4.69, 9.17) is 13.7 Å². The maximum absolute atomic E-state index is 12.6.